The van der Waals surface area contributed by atoms with Gasteiger partial charge < -0.3 is 0 Å². The zero-order valence-corrected chi connectivity index (χ0v) is 12.3. The number of hydrogen-bond donors (Lipinski definition) is 0. The zero-order valence-electron chi connectivity index (χ0n) is 12.3. The van der Waals surface area contributed by atoms with Crippen LogP contribution in [0.2, 0.25) is 0 Å². The van der Waals surface area contributed by atoms with E-state index in [0.717, 1.165) is 36.8 Å². The summed E-state index contributed by atoms with van der Waals surface area (Å²) in [5, 5.41) is 4.28. The number of halogens is 1. The number of nitrogens with zero attached hydrogens (tertiary/aromatic N) is 3. The second-order valence-corrected chi connectivity index (χ2v) is 6.51. The van der Waals surface area contributed by atoms with E-state index >= 15 is 0 Å². The molecule has 4 heteroatoms. The van der Waals surface area contributed by atoms with Crippen LogP contribution in [0.15, 0.2) is 36.7 Å². The van der Waals surface area contributed by atoms with E-state index in [1.807, 2.05) is 23.0 Å². The van der Waals surface area contributed by atoms with Crippen LogP contribution in [0.1, 0.15) is 25.3 Å². The van der Waals surface area contributed by atoms with Crippen molar-refractivity contribution in [2.45, 2.75) is 26.3 Å². The third kappa shape index (κ3) is 2.18. The summed E-state index contributed by atoms with van der Waals surface area (Å²) in [4.78, 5) is 2.47. The van der Waals surface area contributed by atoms with Crippen molar-refractivity contribution in [3.63, 3.8) is 0 Å². The first-order valence-electron chi connectivity index (χ1n) is 7.71. The van der Waals surface area contributed by atoms with Gasteiger partial charge in [-0.25, -0.2) is 9.07 Å². The van der Waals surface area contributed by atoms with Gasteiger partial charge in [-0.2, -0.15) is 5.10 Å². The molecule has 1 saturated carbocycles. The summed E-state index contributed by atoms with van der Waals surface area (Å²) in [7, 11) is 0. The summed E-state index contributed by atoms with van der Waals surface area (Å²) in [5.74, 6) is 0.694. The molecule has 2 heterocycles. The molecule has 1 saturated heterocycles. The Balaban J connectivity index is 1.59. The molecule has 1 aromatic carbocycles. The lowest BCUT2D eigenvalue weighted by Gasteiger charge is -2.21. The maximum atomic E-state index is 13.6. The maximum Gasteiger partial charge on any atom is 0.123 e. The van der Waals surface area contributed by atoms with Crippen molar-refractivity contribution in [3.05, 3.63) is 48.0 Å². The monoisotopic (exact) mass is 285 g/mol. The molecule has 0 bridgehead atoms. The topological polar surface area (TPSA) is 21.1 Å². The fourth-order valence-corrected chi connectivity index (χ4v) is 3.93. The SMILES string of the molecule is CCC12CC1CN(Cc1cc(F)ccc1-n1cccn1)C2. The van der Waals surface area contributed by atoms with E-state index in [9.17, 15) is 4.39 Å². The lowest BCUT2D eigenvalue weighted by molar-refractivity contribution is 0.269. The largest absolute Gasteiger partial charge is 0.298 e. The number of likely N-dealkylation sites (tertiary alicyclic amines) is 1. The van der Waals surface area contributed by atoms with Gasteiger partial charge in [0.2, 0.25) is 0 Å². The van der Waals surface area contributed by atoms with Crippen LogP contribution in [-0.4, -0.2) is 27.8 Å². The molecule has 110 valence electrons. The van der Waals surface area contributed by atoms with E-state index in [2.05, 4.69) is 16.9 Å². The number of rotatable bonds is 4. The molecule has 2 atom stereocenters. The first-order valence-corrected chi connectivity index (χ1v) is 7.71. The first kappa shape index (κ1) is 13.0. The average molecular weight is 285 g/mol. The fourth-order valence-electron chi connectivity index (χ4n) is 3.93. The summed E-state index contributed by atoms with van der Waals surface area (Å²) >= 11 is 0. The standard InChI is InChI=1S/C17H20FN3/c1-2-17-9-14(17)11-20(12-17)10-13-8-15(18)4-5-16(13)21-7-3-6-19-21/h3-8,14H,2,9-12H2,1H3. The van der Waals surface area contributed by atoms with Crippen LogP contribution in [0.5, 0.6) is 0 Å². The maximum absolute atomic E-state index is 13.6. The molecule has 0 amide bonds. The van der Waals surface area contributed by atoms with Crippen molar-refractivity contribution in [2.75, 3.05) is 13.1 Å². The van der Waals surface area contributed by atoms with Crippen LogP contribution in [0.25, 0.3) is 5.69 Å². The van der Waals surface area contributed by atoms with Gasteiger partial charge in [0.1, 0.15) is 5.82 Å². The molecule has 2 fully saturated rings. The molecule has 2 aromatic rings. The minimum atomic E-state index is -0.171. The van der Waals surface area contributed by atoms with Gasteiger partial charge >= 0.3 is 0 Å². The van der Waals surface area contributed by atoms with Crippen LogP contribution >= 0.6 is 0 Å². The third-order valence-electron chi connectivity index (χ3n) is 5.27. The molecule has 0 radical (unpaired) electrons. The lowest BCUT2D eigenvalue weighted by Crippen LogP contribution is -2.25. The highest BCUT2D eigenvalue weighted by atomic mass is 19.1. The van der Waals surface area contributed by atoms with Crippen LogP contribution in [-0.2, 0) is 6.54 Å². The highest BCUT2D eigenvalue weighted by molar-refractivity contribution is 5.40. The number of aromatic nitrogens is 2. The van der Waals surface area contributed by atoms with E-state index < -0.39 is 0 Å². The third-order valence-corrected chi connectivity index (χ3v) is 5.27. The van der Waals surface area contributed by atoms with Crippen LogP contribution in [0.3, 0.4) is 0 Å². The molecule has 4 rings (SSSR count). The Morgan fingerprint density at radius 3 is 3.05 bits per heavy atom. The predicted molar refractivity (Wildman–Crippen MR) is 79.6 cm³/mol. The number of piperidine rings is 1. The molecular formula is C17H20FN3. The van der Waals surface area contributed by atoms with Crippen molar-refractivity contribution in [1.29, 1.82) is 0 Å². The minimum absolute atomic E-state index is 0.171. The summed E-state index contributed by atoms with van der Waals surface area (Å²) in [6.45, 7) is 5.41. The number of benzene rings is 1. The predicted octanol–water partition coefficient (Wildman–Crippen LogP) is 3.24. The average Bonchev–Trinajstić information content (AvgIpc) is 2.86. The van der Waals surface area contributed by atoms with Crippen LogP contribution in [0.4, 0.5) is 4.39 Å². The fraction of sp³-hybridized carbons (Fsp3) is 0.471. The van der Waals surface area contributed by atoms with Gasteiger partial charge in [0.15, 0.2) is 0 Å². The summed E-state index contributed by atoms with van der Waals surface area (Å²) < 4.78 is 15.5. The first-order chi connectivity index (χ1) is 10.2. The Bertz CT molecular complexity index is 648. The van der Waals surface area contributed by atoms with E-state index in [0.29, 0.717) is 5.41 Å². The molecule has 2 unspecified atom stereocenters. The Morgan fingerprint density at radius 2 is 2.33 bits per heavy atom. The highest BCUT2D eigenvalue weighted by Crippen LogP contribution is 2.60. The van der Waals surface area contributed by atoms with Crippen molar-refractivity contribution >= 4 is 0 Å². The molecule has 3 nitrogen and oxygen atoms in total. The van der Waals surface area contributed by atoms with Crippen molar-refractivity contribution < 1.29 is 4.39 Å². The normalized spacial score (nSPS) is 27.8. The molecule has 0 spiro atoms. The molecular weight excluding hydrogens is 265 g/mol. The Hall–Kier alpha value is -1.68. The summed E-state index contributed by atoms with van der Waals surface area (Å²) in [6, 6.07) is 6.88. The van der Waals surface area contributed by atoms with Crippen molar-refractivity contribution in [2.24, 2.45) is 11.3 Å². The van der Waals surface area contributed by atoms with Gasteiger partial charge in [-0.1, -0.05) is 6.92 Å². The van der Waals surface area contributed by atoms with E-state index in [4.69, 9.17) is 0 Å². The van der Waals surface area contributed by atoms with Crippen molar-refractivity contribution in [3.8, 4) is 5.69 Å². The van der Waals surface area contributed by atoms with E-state index in [-0.39, 0.29) is 5.82 Å². The molecule has 2 aliphatic rings. The summed E-state index contributed by atoms with van der Waals surface area (Å²) in [6.07, 6.45) is 6.31. The van der Waals surface area contributed by atoms with Crippen molar-refractivity contribution in [1.82, 2.24) is 14.7 Å². The van der Waals surface area contributed by atoms with Gasteiger partial charge in [0, 0.05) is 32.0 Å². The summed E-state index contributed by atoms with van der Waals surface area (Å²) in [5.41, 5.74) is 2.57. The number of hydrogen-bond acceptors (Lipinski definition) is 2. The molecule has 1 aliphatic heterocycles. The second-order valence-electron chi connectivity index (χ2n) is 6.51. The quantitative estimate of drug-likeness (QED) is 0.860. The Kier molecular flexibility index (Phi) is 2.89. The lowest BCUT2D eigenvalue weighted by atomic mass is 10.0. The van der Waals surface area contributed by atoms with Crippen LogP contribution in [0, 0.1) is 17.2 Å². The number of fused-ring (bicyclic) bond motifs is 1. The second kappa shape index (κ2) is 4.67. The minimum Gasteiger partial charge on any atom is -0.298 e. The van der Waals surface area contributed by atoms with Gasteiger partial charge in [-0.15, -0.1) is 0 Å². The molecule has 21 heavy (non-hydrogen) atoms. The smallest absolute Gasteiger partial charge is 0.123 e. The van der Waals surface area contributed by atoms with Crippen LogP contribution < -0.4 is 0 Å². The van der Waals surface area contributed by atoms with Gasteiger partial charge in [0.05, 0.1) is 5.69 Å². The molecule has 0 N–H and O–H groups in total. The van der Waals surface area contributed by atoms with Gasteiger partial charge in [0.25, 0.3) is 0 Å². The van der Waals surface area contributed by atoms with Gasteiger partial charge in [-0.3, -0.25) is 4.90 Å². The molecule has 1 aliphatic carbocycles. The Labute approximate surface area is 124 Å². The molecule has 1 aromatic heterocycles. The zero-order chi connectivity index (χ0) is 14.4. The van der Waals surface area contributed by atoms with Gasteiger partial charge in [-0.05, 0) is 54.0 Å². The van der Waals surface area contributed by atoms with E-state index in [1.165, 1.54) is 18.9 Å². The Morgan fingerprint density at radius 1 is 1.43 bits per heavy atom. The van der Waals surface area contributed by atoms with E-state index in [1.54, 1.807) is 12.3 Å². The highest BCUT2D eigenvalue weighted by Gasteiger charge is 2.57.